The quantitative estimate of drug-likeness (QED) is 0.578. The van der Waals surface area contributed by atoms with Gasteiger partial charge in [-0.1, -0.05) is 71.8 Å². The number of nitrogens with zero attached hydrogens (tertiary/aromatic N) is 1. The van der Waals surface area contributed by atoms with Gasteiger partial charge in [0, 0.05) is 17.8 Å². The first kappa shape index (κ1) is 17.0. The lowest BCUT2D eigenvalue weighted by Gasteiger charge is -2.09. The van der Waals surface area contributed by atoms with Crippen LogP contribution in [0.25, 0.3) is 6.08 Å². The Balaban J connectivity index is 1.82. The molecule has 0 bridgehead atoms. The van der Waals surface area contributed by atoms with E-state index in [4.69, 9.17) is 0 Å². The van der Waals surface area contributed by atoms with Gasteiger partial charge in [-0.05, 0) is 38.5 Å². The molecule has 1 aromatic heterocycles. The summed E-state index contributed by atoms with van der Waals surface area (Å²) in [5.74, 6) is 0.0667. The molecule has 0 amide bonds. The van der Waals surface area contributed by atoms with Crippen molar-refractivity contribution in [2.75, 3.05) is 0 Å². The molecule has 3 aromatic rings. The maximum Gasteiger partial charge on any atom is 0.209 e. The van der Waals surface area contributed by atoms with Gasteiger partial charge in [0.1, 0.15) is 0 Å². The van der Waals surface area contributed by atoms with Gasteiger partial charge in [0.25, 0.3) is 0 Å². The summed E-state index contributed by atoms with van der Waals surface area (Å²) in [6, 6.07) is 20.0. The lowest BCUT2D eigenvalue weighted by atomic mass is 10.1. The molecule has 0 radical (unpaired) electrons. The zero-order chi connectivity index (χ0) is 17.8. The minimum atomic E-state index is 0.0667. The summed E-state index contributed by atoms with van der Waals surface area (Å²) in [6.07, 6.45) is 4.21. The third kappa shape index (κ3) is 3.97. The monoisotopic (exact) mass is 329 g/mol. The highest BCUT2D eigenvalue weighted by atomic mass is 16.1. The molecule has 126 valence electrons. The maximum atomic E-state index is 12.8. The molecule has 1 heterocycles. The van der Waals surface area contributed by atoms with Gasteiger partial charge in [0.05, 0.1) is 5.69 Å². The topological polar surface area (TPSA) is 22.0 Å². The SMILES string of the molecule is Cc1ccc(C(=O)c2ccc(C)n2C/C=C/c2cccc(C)c2)cc1. The van der Waals surface area contributed by atoms with Crippen LogP contribution in [0.4, 0.5) is 0 Å². The number of carbonyl (C=O) groups excluding carboxylic acids is 1. The molecular weight excluding hydrogens is 306 g/mol. The predicted octanol–water partition coefficient (Wildman–Crippen LogP) is 5.36. The van der Waals surface area contributed by atoms with Gasteiger partial charge >= 0.3 is 0 Å². The fourth-order valence-electron chi connectivity index (χ4n) is 2.93. The van der Waals surface area contributed by atoms with Gasteiger partial charge in [0.2, 0.25) is 5.78 Å². The largest absolute Gasteiger partial charge is 0.338 e. The smallest absolute Gasteiger partial charge is 0.209 e. The molecule has 3 rings (SSSR count). The maximum absolute atomic E-state index is 12.8. The number of ketones is 1. The number of aromatic nitrogens is 1. The highest BCUT2D eigenvalue weighted by molar-refractivity contribution is 6.08. The van der Waals surface area contributed by atoms with Gasteiger partial charge < -0.3 is 4.57 Å². The van der Waals surface area contributed by atoms with Crippen LogP contribution in [0.1, 0.15) is 38.4 Å². The highest BCUT2D eigenvalue weighted by Crippen LogP contribution is 2.15. The van der Waals surface area contributed by atoms with E-state index in [-0.39, 0.29) is 5.78 Å². The Hall–Kier alpha value is -2.87. The van der Waals surface area contributed by atoms with E-state index in [0.29, 0.717) is 6.54 Å². The number of aryl methyl sites for hydroxylation is 3. The molecule has 0 spiro atoms. The molecule has 0 atom stereocenters. The Kier molecular flexibility index (Phi) is 4.99. The summed E-state index contributed by atoms with van der Waals surface area (Å²) in [7, 11) is 0. The molecule has 25 heavy (non-hydrogen) atoms. The van der Waals surface area contributed by atoms with Crippen molar-refractivity contribution in [1.29, 1.82) is 0 Å². The third-order valence-corrected chi connectivity index (χ3v) is 4.39. The van der Waals surface area contributed by atoms with E-state index in [1.54, 1.807) is 0 Å². The molecule has 0 saturated carbocycles. The molecule has 2 aromatic carbocycles. The summed E-state index contributed by atoms with van der Waals surface area (Å²) < 4.78 is 2.06. The van der Waals surface area contributed by atoms with Crippen LogP contribution in [0.15, 0.2) is 66.7 Å². The molecule has 0 aliphatic heterocycles. The minimum absolute atomic E-state index is 0.0667. The second kappa shape index (κ2) is 7.35. The van der Waals surface area contributed by atoms with Crippen LogP contribution < -0.4 is 0 Å². The first-order valence-electron chi connectivity index (χ1n) is 8.55. The van der Waals surface area contributed by atoms with Gasteiger partial charge in [-0.25, -0.2) is 0 Å². The van der Waals surface area contributed by atoms with Crippen molar-refractivity contribution >= 4 is 11.9 Å². The van der Waals surface area contributed by atoms with Crippen LogP contribution in [0.3, 0.4) is 0 Å². The minimum Gasteiger partial charge on any atom is -0.338 e. The molecule has 2 heteroatoms. The summed E-state index contributed by atoms with van der Waals surface area (Å²) in [4.78, 5) is 12.8. The molecule has 0 aliphatic carbocycles. The van der Waals surface area contributed by atoms with E-state index in [1.165, 1.54) is 11.1 Å². The average Bonchev–Trinajstić information content (AvgIpc) is 2.96. The van der Waals surface area contributed by atoms with Gasteiger partial charge in [-0.15, -0.1) is 0 Å². The van der Waals surface area contributed by atoms with E-state index in [9.17, 15) is 4.79 Å². The Bertz CT molecular complexity index is 914. The zero-order valence-electron chi connectivity index (χ0n) is 15.0. The molecule has 2 nitrogen and oxygen atoms in total. The highest BCUT2D eigenvalue weighted by Gasteiger charge is 2.14. The number of carbonyl (C=O) groups is 1. The van der Waals surface area contributed by atoms with E-state index >= 15 is 0 Å². The van der Waals surface area contributed by atoms with E-state index in [1.807, 2.05) is 50.2 Å². The molecule has 0 saturated heterocycles. The Morgan fingerprint density at radius 3 is 2.40 bits per heavy atom. The van der Waals surface area contributed by atoms with E-state index in [0.717, 1.165) is 22.5 Å². The van der Waals surface area contributed by atoms with Crippen molar-refractivity contribution in [2.24, 2.45) is 0 Å². The predicted molar refractivity (Wildman–Crippen MR) is 104 cm³/mol. The molecule has 0 N–H and O–H groups in total. The van der Waals surface area contributed by atoms with Crippen LogP contribution in [0.5, 0.6) is 0 Å². The Morgan fingerprint density at radius 1 is 0.920 bits per heavy atom. The van der Waals surface area contributed by atoms with Crippen LogP contribution in [0, 0.1) is 20.8 Å². The van der Waals surface area contributed by atoms with E-state index < -0.39 is 0 Å². The second-order valence-corrected chi connectivity index (χ2v) is 6.48. The summed E-state index contributed by atoms with van der Waals surface area (Å²) in [6.45, 7) is 6.83. The lowest BCUT2D eigenvalue weighted by molar-refractivity contribution is 0.103. The number of allylic oxidation sites excluding steroid dienone is 1. The second-order valence-electron chi connectivity index (χ2n) is 6.48. The lowest BCUT2D eigenvalue weighted by Crippen LogP contribution is -2.10. The van der Waals surface area contributed by atoms with Crippen molar-refractivity contribution in [3.63, 3.8) is 0 Å². The molecule has 0 unspecified atom stereocenters. The Labute approximate surface area is 149 Å². The summed E-state index contributed by atoms with van der Waals surface area (Å²) in [5, 5.41) is 0. The number of rotatable bonds is 5. The van der Waals surface area contributed by atoms with E-state index in [2.05, 4.69) is 47.9 Å². The van der Waals surface area contributed by atoms with Gasteiger partial charge in [0.15, 0.2) is 0 Å². The fourth-order valence-corrected chi connectivity index (χ4v) is 2.93. The molecular formula is C23H23NO. The van der Waals surface area contributed by atoms with Gasteiger partial charge in [-0.3, -0.25) is 4.79 Å². The number of benzene rings is 2. The number of hydrogen-bond donors (Lipinski definition) is 0. The summed E-state index contributed by atoms with van der Waals surface area (Å²) >= 11 is 0. The van der Waals surface area contributed by atoms with Crippen molar-refractivity contribution in [1.82, 2.24) is 4.57 Å². The van der Waals surface area contributed by atoms with Crippen molar-refractivity contribution in [2.45, 2.75) is 27.3 Å². The zero-order valence-corrected chi connectivity index (χ0v) is 15.0. The van der Waals surface area contributed by atoms with Crippen LogP contribution in [0.2, 0.25) is 0 Å². The van der Waals surface area contributed by atoms with Crippen molar-refractivity contribution in [3.05, 3.63) is 100 Å². The average molecular weight is 329 g/mol. The fraction of sp³-hybridized carbons (Fsp3) is 0.174. The van der Waals surface area contributed by atoms with Crippen molar-refractivity contribution < 1.29 is 4.79 Å². The first-order valence-corrected chi connectivity index (χ1v) is 8.55. The molecule has 0 fully saturated rings. The van der Waals surface area contributed by atoms with Crippen LogP contribution >= 0.6 is 0 Å². The first-order chi connectivity index (χ1) is 12.0. The Morgan fingerprint density at radius 2 is 1.68 bits per heavy atom. The summed E-state index contributed by atoms with van der Waals surface area (Å²) in [5.41, 5.74) is 6.13. The van der Waals surface area contributed by atoms with Crippen LogP contribution in [-0.2, 0) is 6.54 Å². The number of hydrogen-bond acceptors (Lipinski definition) is 1. The third-order valence-electron chi connectivity index (χ3n) is 4.39. The van der Waals surface area contributed by atoms with Crippen molar-refractivity contribution in [3.8, 4) is 0 Å². The molecule has 0 aliphatic rings. The van der Waals surface area contributed by atoms with Gasteiger partial charge in [-0.2, -0.15) is 0 Å². The normalized spacial score (nSPS) is 11.2. The van der Waals surface area contributed by atoms with Crippen LogP contribution in [-0.4, -0.2) is 10.4 Å². The standard InChI is InChI=1S/C23H23NO/c1-17-9-12-21(13-10-17)23(25)22-14-11-19(3)24(22)15-5-8-20-7-4-6-18(2)16-20/h4-14,16H,15H2,1-3H3/b8-5+.